The second kappa shape index (κ2) is 14.7. The van der Waals surface area contributed by atoms with E-state index in [2.05, 4.69) is 11.1 Å². The molecule has 2 aromatic rings. The maximum absolute atomic E-state index is 14.5. The predicted molar refractivity (Wildman–Crippen MR) is 129 cm³/mol. The van der Waals surface area contributed by atoms with Crippen molar-refractivity contribution in [1.82, 2.24) is 19.8 Å². The number of amides is 3. The van der Waals surface area contributed by atoms with Crippen molar-refractivity contribution in [3.05, 3.63) is 77.9 Å². The van der Waals surface area contributed by atoms with Gasteiger partial charge in [0.25, 0.3) is 0 Å². The van der Waals surface area contributed by atoms with Gasteiger partial charge in [-0.2, -0.15) is 0 Å². The number of hydrogen-bond donors (Lipinski definition) is 0. The number of carbonyl (C=O) groups excluding carboxylic acids is 3. The Bertz CT molecular complexity index is 1350. The number of phosphoric ester groups is 1. The molecule has 41 heavy (non-hydrogen) atoms. The van der Waals surface area contributed by atoms with E-state index in [4.69, 9.17) is 0 Å². The van der Waals surface area contributed by atoms with Gasteiger partial charge in [0.2, 0.25) is 17.7 Å². The van der Waals surface area contributed by atoms with Crippen molar-refractivity contribution in [1.29, 1.82) is 0 Å². The minimum atomic E-state index is -5.27. The molecule has 0 aromatic heterocycles. The molecule has 0 aliphatic carbocycles. The van der Waals surface area contributed by atoms with E-state index in [1.807, 2.05) is 0 Å². The first-order valence-corrected chi connectivity index (χ1v) is 13.3. The van der Waals surface area contributed by atoms with Crippen LogP contribution in [0.15, 0.2) is 55.1 Å². The van der Waals surface area contributed by atoms with Crippen LogP contribution in [0, 0.1) is 11.6 Å². The SMILES string of the molecule is C=CCN1CC(=O)N2[C@@H](Cc3ccc(OP(=O)([O-])[O-])cc3)C(=O)N(Cc3ccc(F)cc3F)C[C@@H]2N1C(C)=O.[Na+].[Na+]. The van der Waals surface area contributed by atoms with Gasteiger partial charge in [0.05, 0.1) is 13.1 Å². The van der Waals surface area contributed by atoms with E-state index in [0.717, 1.165) is 6.07 Å². The molecule has 4 rings (SSSR count). The average Bonchev–Trinajstić information content (AvgIpc) is 2.83. The summed E-state index contributed by atoms with van der Waals surface area (Å²) in [6.07, 6.45) is 0.579. The van der Waals surface area contributed by atoms with Crippen molar-refractivity contribution in [3.63, 3.8) is 0 Å². The van der Waals surface area contributed by atoms with E-state index >= 15 is 0 Å². The number of phosphoric acid groups is 1. The van der Waals surface area contributed by atoms with E-state index in [1.165, 1.54) is 63.1 Å². The average molecular weight is 608 g/mol. The van der Waals surface area contributed by atoms with Crippen LogP contribution in [-0.2, 0) is 31.9 Å². The number of fused-ring (bicyclic) bond motifs is 1. The first kappa shape index (κ1) is 35.6. The van der Waals surface area contributed by atoms with E-state index in [-0.39, 0.29) is 109 Å². The molecule has 0 bridgehead atoms. The zero-order chi connectivity index (χ0) is 28.5. The molecule has 2 aromatic carbocycles. The van der Waals surface area contributed by atoms with E-state index in [0.29, 0.717) is 11.6 Å². The second-order valence-corrected chi connectivity index (χ2v) is 10.2. The third-order valence-electron chi connectivity index (χ3n) is 6.44. The Morgan fingerprint density at radius 2 is 1.80 bits per heavy atom. The quantitative estimate of drug-likeness (QED) is 0.165. The van der Waals surface area contributed by atoms with Gasteiger partial charge >= 0.3 is 59.1 Å². The molecule has 0 unspecified atom stereocenters. The van der Waals surface area contributed by atoms with Crippen LogP contribution in [0.1, 0.15) is 18.1 Å². The molecular weight excluding hydrogens is 583 g/mol. The van der Waals surface area contributed by atoms with Gasteiger partial charge in [0.1, 0.15) is 37.4 Å². The Hall–Kier alpha value is -1.64. The third-order valence-corrected chi connectivity index (χ3v) is 6.87. The summed E-state index contributed by atoms with van der Waals surface area (Å²) in [4.78, 5) is 64.2. The number of benzene rings is 2. The Kier molecular flexibility index (Phi) is 12.7. The normalized spacial score (nSPS) is 19.2. The molecule has 2 atom stereocenters. The summed E-state index contributed by atoms with van der Waals surface area (Å²) < 4.78 is 43.2. The number of nitrogens with zero attached hydrogens (tertiary/aromatic N) is 4. The summed E-state index contributed by atoms with van der Waals surface area (Å²) in [5.41, 5.74) is 0.550. The minimum absolute atomic E-state index is 0. The van der Waals surface area contributed by atoms with Gasteiger partial charge in [-0.05, 0) is 23.8 Å². The fraction of sp³-hybridized carbons (Fsp3) is 0.320. The maximum atomic E-state index is 14.5. The fourth-order valence-corrected chi connectivity index (χ4v) is 5.26. The zero-order valence-electron chi connectivity index (χ0n) is 22.9. The third kappa shape index (κ3) is 8.47. The monoisotopic (exact) mass is 608 g/mol. The molecule has 3 amide bonds. The number of hydrogen-bond acceptors (Lipinski definition) is 8. The van der Waals surface area contributed by atoms with Crippen molar-refractivity contribution in [2.24, 2.45) is 0 Å². The van der Waals surface area contributed by atoms with Crippen LogP contribution in [0.4, 0.5) is 8.78 Å². The Morgan fingerprint density at radius 3 is 2.37 bits per heavy atom. The summed E-state index contributed by atoms with van der Waals surface area (Å²) in [6.45, 7) is 4.63. The summed E-state index contributed by atoms with van der Waals surface area (Å²) in [6, 6.07) is 7.24. The van der Waals surface area contributed by atoms with Crippen molar-refractivity contribution in [2.75, 3.05) is 19.6 Å². The molecule has 2 aliphatic rings. The largest absolute Gasteiger partial charge is 1.00 e. The molecule has 2 heterocycles. The molecule has 0 radical (unpaired) electrons. The van der Waals surface area contributed by atoms with E-state index in [9.17, 15) is 37.5 Å². The van der Waals surface area contributed by atoms with Crippen LogP contribution in [-0.4, -0.2) is 69.4 Å². The molecule has 0 saturated carbocycles. The first-order chi connectivity index (χ1) is 18.4. The van der Waals surface area contributed by atoms with Crippen molar-refractivity contribution in [3.8, 4) is 5.75 Å². The number of piperazine rings is 1. The van der Waals surface area contributed by atoms with Gasteiger partial charge in [0, 0.05) is 38.1 Å². The minimum Gasteiger partial charge on any atom is -0.780 e. The molecule has 208 valence electrons. The smallest absolute Gasteiger partial charge is 0.780 e. The van der Waals surface area contributed by atoms with Gasteiger partial charge in [0.15, 0.2) is 0 Å². The Balaban J connectivity index is 0.00000294. The summed E-state index contributed by atoms with van der Waals surface area (Å²) in [7, 11) is -5.27. The van der Waals surface area contributed by atoms with Crippen molar-refractivity contribution in [2.45, 2.75) is 32.1 Å². The molecule has 2 saturated heterocycles. The second-order valence-electron chi connectivity index (χ2n) is 9.14. The van der Waals surface area contributed by atoms with Crippen LogP contribution in [0.3, 0.4) is 0 Å². The summed E-state index contributed by atoms with van der Waals surface area (Å²) >= 11 is 0. The van der Waals surface area contributed by atoms with Crippen LogP contribution in [0.2, 0.25) is 0 Å². The number of hydrazine groups is 1. The van der Waals surface area contributed by atoms with E-state index < -0.39 is 43.5 Å². The Morgan fingerprint density at radius 1 is 1.15 bits per heavy atom. The Labute approximate surface area is 279 Å². The number of carbonyl (C=O) groups is 3. The molecule has 0 spiro atoms. The molecule has 11 nitrogen and oxygen atoms in total. The topological polar surface area (TPSA) is 137 Å². The molecular formula is C25H25F2N4Na2O7P. The molecule has 2 fully saturated rings. The van der Waals surface area contributed by atoms with Gasteiger partial charge in [-0.1, -0.05) is 24.3 Å². The fourth-order valence-electron chi connectivity index (χ4n) is 4.88. The van der Waals surface area contributed by atoms with Gasteiger partial charge in [-0.25, -0.2) is 13.8 Å². The van der Waals surface area contributed by atoms with Crippen molar-refractivity contribution >= 4 is 25.5 Å². The molecule has 16 heteroatoms. The summed E-state index contributed by atoms with van der Waals surface area (Å²) in [5, 5.41) is 2.88. The molecule has 0 N–H and O–H groups in total. The molecule has 2 aliphatic heterocycles. The maximum Gasteiger partial charge on any atom is 1.00 e. The zero-order valence-corrected chi connectivity index (χ0v) is 27.8. The first-order valence-electron chi connectivity index (χ1n) is 11.9. The van der Waals surface area contributed by atoms with Crippen LogP contribution in [0.5, 0.6) is 5.75 Å². The standard InChI is InChI=1S/C25H27F2N4O7P.2Na/c1-3-10-29-15-24(33)30-22(11-17-4-8-20(9-5-17)38-39(35,36)37)25(34)28(14-23(30)31(29)16(2)32)13-18-6-7-19(26)12-21(18)27;;/h3-9,12,22-23H,1,10-11,13-15H2,2H3,(H2,35,36,37);;/q;2*+1/p-2/t22-,23-;;/m0../s1. The van der Waals surface area contributed by atoms with Gasteiger partial charge in [-0.3, -0.25) is 19.4 Å². The number of rotatable bonds is 8. The predicted octanol–water partition coefficient (Wildman–Crippen LogP) is -5.45. The van der Waals surface area contributed by atoms with Gasteiger partial charge in [-0.15, -0.1) is 6.58 Å². The van der Waals surface area contributed by atoms with Crippen molar-refractivity contribution < 1.29 is 101 Å². The van der Waals surface area contributed by atoms with Crippen LogP contribution in [0.25, 0.3) is 0 Å². The van der Waals surface area contributed by atoms with Gasteiger partial charge < -0.3 is 28.7 Å². The van der Waals surface area contributed by atoms with E-state index in [1.54, 1.807) is 0 Å². The van der Waals surface area contributed by atoms with Crippen LogP contribution >= 0.6 is 7.82 Å². The van der Waals surface area contributed by atoms with Crippen LogP contribution < -0.4 is 73.4 Å². The summed E-state index contributed by atoms with van der Waals surface area (Å²) in [5.74, 6) is -3.16. The number of halogens is 2.